The van der Waals surface area contributed by atoms with Crippen LogP contribution in [0, 0.1) is 0 Å². The van der Waals surface area contributed by atoms with E-state index in [1.807, 2.05) is 32.9 Å². The molecule has 0 aliphatic carbocycles. The fourth-order valence-corrected chi connectivity index (χ4v) is 3.35. The van der Waals surface area contributed by atoms with Gasteiger partial charge in [0.1, 0.15) is 6.04 Å². The van der Waals surface area contributed by atoms with Gasteiger partial charge in [0.15, 0.2) is 6.61 Å². The molecule has 1 aliphatic rings. The van der Waals surface area contributed by atoms with Crippen LogP contribution in [0.25, 0.3) is 0 Å². The van der Waals surface area contributed by atoms with E-state index in [0.717, 1.165) is 10.5 Å². The van der Waals surface area contributed by atoms with Gasteiger partial charge in [-0.1, -0.05) is 51.1 Å². The fraction of sp³-hybridized carbons (Fsp3) is 0.304. The maximum atomic E-state index is 12.5. The Morgan fingerprint density at radius 1 is 0.967 bits per heavy atom. The molecule has 2 aromatic carbocycles. The molecular formula is C23H24N2O5. The third-order valence-corrected chi connectivity index (χ3v) is 4.91. The summed E-state index contributed by atoms with van der Waals surface area (Å²) in [6, 6.07) is 12.6. The molecule has 0 spiro atoms. The van der Waals surface area contributed by atoms with E-state index in [0.29, 0.717) is 5.69 Å². The molecule has 0 unspecified atom stereocenters. The quantitative estimate of drug-likeness (QED) is 0.606. The first kappa shape index (κ1) is 21.2. The summed E-state index contributed by atoms with van der Waals surface area (Å²) >= 11 is 0. The Balaban J connectivity index is 1.62. The van der Waals surface area contributed by atoms with Crippen LogP contribution in [-0.4, -0.2) is 41.2 Å². The number of nitrogens with one attached hydrogen (secondary N) is 1. The van der Waals surface area contributed by atoms with Crippen LogP contribution in [0.3, 0.4) is 0 Å². The molecule has 0 saturated heterocycles. The first-order chi connectivity index (χ1) is 14.1. The maximum Gasteiger partial charge on any atom is 0.329 e. The van der Waals surface area contributed by atoms with Crippen LogP contribution in [-0.2, 0) is 19.7 Å². The minimum Gasteiger partial charge on any atom is -0.454 e. The molecule has 1 aliphatic heterocycles. The van der Waals surface area contributed by atoms with Gasteiger partial charge in [-0.05, 0) is 36.1 Å². The summed E-state index contributed by atoms with van der Waals surface area (Å²) in [6.45, 7) is 6.97. The third-order valence-electron chi connectivity index (χ3n) is 4.91. The number of hydrogen-bond acceptors (Lipinski definition) is 5. The molecule has 3 rings (SSSR count). The van der Waals surface area contributed by atoms with E-state index in [4.69, 9.17) is 4.74 Å². The van der Waals surface area contributed by atoms with Crippen molar-refractivity contribution in [1.29, 1.82) is 0 Å². The Morgan fingerprint density at radius 2 is 1.50 bits per heavy atom. The lowest BCUT2D eigenvalue weighted by Crippen LogP contribution is -2.44. The lowest BCUT2D eigenvalue weighted by Gasteiger charge is -2.23. The molecule has 2 aromatic rings. The number of carbonyl (C=O) groups excluding carboxylic acids is 4. The highest BCUT2D eigenvalue weighted by Gasteiger charge is 2.41. The standard InChI is InChI=1S/C23H24N2O5/c1-14(25-20(27)15-9-5-6-10-16(15)21(25)28)22(29)30-13-19(26)24-18-12-8-7-11-17(18)23(2,3)4/h5-12,14H,13H2,1-4H3,(H,24,26)/t14-/m0/s1. The molecule has 1 atom stereocenters. The molecule has 7 heteroatoms. The summed E-state index contributed by atoms with van der Waals surface area (Å²) in [4.78, 5) is 50.5. The summed E-state index contributed by atoms with van der Waals surface area (Å²) in [5.41, 5.74) is 1.90. The third kappa shape index (κ3) is 4.10. The average molecular weight is 408 g/mol. The molecule has 1 N–H and O–H groups in total. The molecule has 0 bridgehead atoms. The lowest BCUT2D eigenvalue weighted by atomic mass is 9.86. The summed E-state index contributed by atoms with van der Waals surface area (Å²) < 4.78 is 5.07. The Bertz CT molecular complexity index is 987. The number of para-hydroxylation sites is 1. The lowest BCUT2D eigenvalue weighted by molar-refractivity contribution is -0.150. The number of hydrogen-bond donors (Lipinski definition) is 1. The van der Waals surface area contributed by atoms with Gasteiger partial charge < -0.3 is 10.1 Å². The number of carbonyl (C=O) groups is 4. The normalized spacial score (nSPS) is 14.3. The minimum atomic E-state index is -1.15. The van der Waals surface area contributed by atoms with Gasteiger partial charge in [-0.3, -0.25) is 19.3 Å². The van der Waals surface area contributed by atoms with Crippen molar-refractivity contribution in [2.45, 2.75) is 39.2 Å². The highest BCUT2D eigenvalue weighted by atomic mass is 16.5. The fourth-order valence-electron chi connectivity index (χ4n) is 3.35. The maximum absolute atomic E-state index is 12.5. The monoisotopic (exact) mass is 408 g/mol. The van der Waals surface area contributed by atoms with Crippen LogP contribution < -0.4 is 5.32 Å². The highest BCUT2D eigenvalue weighted by molar-refractivity contribution is 6.22. The van der Waals surface area contributed by atoms with Crippen LogP contribution in [0.5, 0.6) is 0 Å². The van der Waals surface area contributed by atoms with E-state index in [-0.39, 0.29) is 16.5 Å². The predicted octanol–water partition coefficient (Wildman–Crippen LogP) is 3.15. The van der Waals surface area contributed by atoms with Crippen molar-refractivity contribution < 1.29 is 23.9 Å². The van der Waals surface area contributed by atoms with Crippen LogP contribution in [0.1, 0.15) is 54.0 Å². The molecule has 0 aromatic heterocycles. The van der Waals surface area contributed by atoms with Gasteiger partial charge in [-0.2, -0.15) is 0 Å². The second kappa shape index (κ2) is 8.10. The van der Waals surface area contributed by atoms with Crippen molar-refractivity contribution in [3.05, 3.63) is 65.2 Å². The largest absolute Gasteiger partial charge is 0.454 e. The van der Waals surface area contributed by atoms with Gasteiger partial charge in [0.2, 0.25) is 0 Å². The summed E-state index contributed by atoms with van der Waals surface area (Å²) in [5.74, 6) is -2.44. The number of esters is 1. The Morgan fingerprint density at radius 3 is 2.07 bits per heavy atom. The number of ether oxygens (including phenoxy) is 1. The highest BCUT2D eigenvalue weighted by Crippen LogP contribution is 2.29. The first-order valence-electron chi connectivity index (χ1n) is 9.64. The van der Waals surface area contributed by atoms with Gasteiger partial charge in [0, 0.05) is 5.69 Å². The van der Waals surface area contributed by atoms with Crippen molar-refractivity contribution in [2.75, 3.05) is 11.9 Å². The number of anilines is 1. The molecular weight excluding hydrogens is 384 g/mol. The van der Waals surface area contributed by atoms with Crippen molar-refractivity contribution in [3.63, 3.8) is 0 Å². The molecule has 0 saturated carbocycles. The zero-order valence-electron chi connectivity index (χ0n) is 17.4. The van der Waals surface area contributed by atoms with Crippen LogP contribution in [0.4, 0.5) is 5.69 Å². The van der Waals surface area contributed by atoms with Gasteiger partial charge in [-0.15, -0.1) is 0 Å². The number of rotatable bonds is 5. The van der Waals surface area contributed by atoms with Gasteiger partial charge >= 0.3 is 5.97 Å². The summed E-state index contributed by atoms with van der Waals surface area (Å²) in [6.07, 6.45) is 0. The number of nitrogens with zero attached hydrogens (tertiary/aromatic N) is 1. The first-order valence-corrected chi connectivity index (χ1v) is 9.64. The second-order valence-electron chi connectivity index (χ2n) is 8.15. The Hall–Kier alpha value is -3.48. The Labute approximate surface area is 175 Å². The summed E-state index contributed by atoms with van der Waals surface area (Å²) in [5, 5.41) is 2.75. The van der Waals surface area contributed by atoms with E-state index in [1.54, 1.807) is 24.3 Å². The average Bonchev–Trinajstić information content (AvgIpc) is 2.96. The number of amides is 3. The number of benzene rings is 2. The molecule has 3 amide bonds. The zero-order valence-corrected chi connectivity index (χ0v) is 17.4. The molecule has 30 heavy (non-hydrogen) atoms. The SMILES string of the molecule is C[C@@H](C(=O)OCC(=O)Nc1ccccc1C(C)(C)C)N1C(=O)c2ccccc2C1=O. The van der Waals surface area contributed by atoms with E-state index in [1.165, 1.54) is 19.1 Å². The predicted molar refractivity (Wildman–Crippen MR) is 111 cm³/mol. The summed E-state index contributed by atoms with van der Waals surface area (Å²) in [7, 11) is 0. The molecule has 156 valence electrons. The topological polar surface area (TPSA) is 92.8 Å². The van der Waals surface area contributed by atoms with Crippen molar-refractivity contribution in [2.24, 2.45) is 0 Å². The molecule has 1 heterocycles. The Kier molecular flexibility index (Phi) is 5.73. The van der Waals surface area contributed by atoms with Gasteiger partial charge in [0.05, 0.1) is 11.1 Å². The van der Waals surface area contributed by atoms with Crippen molar-refractivity contribution in [3.8, 4) is 0 Å². The van der Waals surface area contributed by atoms with E-state index in [2.05, 4.69) is 5.32 Å². The van der Waals surface area contributed by atoms with E-state index in [9.17, 15) is 19.2 Å². The molecule has 0 radical (unpaired) electrons. The van der Waals surface area contributed by atoms with Crippen molar-refractivity contribution in [1.82, 2.24) is 4.90 Å². The number of fused-ring (bicyclic) bond motifs is 1. The molecule has 7 nitrogen and oxygen atoms in total. The zero-order chi connectivity index (χ0) is 22.1. The van der Waals surface area contributed by atoms with Crippen LogP contribution >= 0.6 is 0 Å². The van der Waals surface area contributed by atoms with Crippen molar-refractivity contribution >= 4 is 29.4 Å². The number of imide groups is 1. The molecule has 0 fully saturated rings. The minimum absolute atomic E-state index is 0.180. The second-order valence-corrected chi connectivity index (χ2v) is 8.15. The van der Waals surface area contributed by atoms with E-state index >= 15 is 0 Å². The van der Waals surface area contributed by atoms with Crippen LogP contribution in [0.2, 0.25) is 0 Å². The van der Waals surface area contributed by atoms with Crippen LogP contribution in [0.15, 0.2) is 48.5 Å². The van der Waals surface area contributed by atoms with Gasteiger partial charge in [0.25, 0.3) is 17.7 Å². The smallest absolute Gasteiger partial charge is 0.329 e. The van der Waals surface area contributed by atoms with Gasteiger partial charge in [-0.25, -0.2) is 4.79 Å². The van der Waals surface area contributed by atoms with E-state index < -0.39 is 36.3 Å².